The molecule has 0 aromatic heterocycles. The van der Waals surface area contributed by atoms with Crippen LogP contribution in [-0.2, 0) is 4.79 Å². The molecule has 0 aromatic carbocycles. The Bertz CT molecular complexity index is 260. The van der Waals surface area contributed by atoms with Crippen LogP contribution in [0.25, 0.3) is 0 Å². The number of aliphatic carboxylic acids is 1. The van der Waals surface area contributed by atoms with Crippen molar-refractivity contribution in [3.63, 3.8) is 0 Å². The van der Waals surface area contributed by atoms with E-state index in [1.807, 2.05) is 0 Å². The van der Waals surface area contributed by atoms with E-state index in [4.69, 9.17) is 0 Å². The second-order valence-electron chi connectivity index (χ2n) is 5.27. The molecule has 2 aliphatic carbocycles. The van der Waals surface area contributed by atoms with Crippen molar-refractivity contribution in [2.24, 2.45) is 11.3 Å². The van der Waals surface area contributed by atoms with Gasteiger partial charge in [-0.15, -0.1) is 0 Å². The van der Waals surface area contributed by atoms with Gasteiger partial charge in [-0.2, -0.15) is 0 Å². The molecule has 0 amide bonds. The van der Waals surface area contributed by atoms with Crippen LogP contribution in [0.1, 0.15) is 51.9 Å². The Hall–Kier alpha value is -0.570. The van der Waals surface area contributed by atoms with Crippen molar-refractivity contribution < 1.29 is 15.0 Å². The van der Waals surface area contributed by atoms with Crippen LogP contribution in [0.2, 0.25) is 0 Å². The van der Waals surface area contributed by atoms with Gasteiger partial charge in [-0.25, -0.2) is 0 Å². The fourth-order valence-electron chi connectivity index (χ4n) is 3.05. The standard InChI is InChI=1S/C12H20O3/c1-2-9-3-5-12(15,6-4-9)11(7-8-11)10(13)14/h9,15H,2-8H2,1H3,(H,13,14). The van der Waals surface area contributed by atoms with E-state index in [-0.39, 0.29) is 0 Å². The molecule has 0 spiro atoms. The number of aliphatic hydroxyl groups is 1. The molecule has 86 valence electrons. The zero-order valence-corrected chi connectivity index (χ0v) is 9.33. The average Bonchev–Trinajstić information content (AvgIpc) is 3.00. The highest BCUT2D eigenvalue weighted by Gasteiger charge is 2.64. The molecule has 0 bridgehead atoms. The van der Waals surface area contributed by atoms with Crippen LogP contribution in [0.15, 0.2) is 0 Å². The Morgan fingerprint density at radius 3 is 2.13 bits per heavy atom. The monoisotopic (exact) mass is 212 g/mol. The highest BCUT2D eigenvalue weighted by atomic mass is 16.4. The van der Waals surface area contributed by atoms with Crippen LogP contribution >= 0.6 is 0 Å². The number of carboxylic acid groups (broad SMARTS) is 1. The lowest BCUT2D eigenvalue weighted by Gasteiger charge is -2.40. The zero-order chi connectivity index (χ0) is 11.1. The highest BCUT2D eigenvalue weighted by Crippen LogP contribution is 2.59. The van der Waals surface area contributed by atoms with Gasteiger partial charge in [0.15, 0.2) is 0 Å². The van der Waals surface area contributed by atoms with Gasteiger partial charge in [0.1, 0.15) is 0 Å². The second-order valence-corrected chi connectivity index (χ2v) is 5.27. The van der Waals surface area contributed by atoms with Gasteiger partial charge in [-0.3, -0.25) is 4.79 Å². The maximum Gasteiger partial charge on any atom is 0.312 e. The molecule has 2 fully saturated rings. The molecule has 0 radical (unpaired) electrons. The quantitative estimate of drug-likeness (QED) is 0.754. The van der Waals surface area contributed by atoms with Crippen molar-refractivity contribution in [1.82, 2.24) is 0 Å². The van der Waals surface area contributed by atoms with Crippen LogP contribution in [-0.4, -0.2) is 21.8 Å². The zero-order valence-electron chi connectivity index (χ0n) is 9.33. The predicted octanol–water partition coefficient (Wildman–Crippen LogP) is 2.18. The van der Waals surface area contributed by atoms with Crippen LogP contribution in [0.5, 0.6) is 0 Å². The summed E-state index contributed by atoms with van der Waals surface area (Å²) < 4.78 is 0. The summed E-state index contributed by atoms with van der Waals surface area (Å²) in [5, 5.41) is 19.6. The van der Waals surface area contributed by atoms with Crippen molar-refractivity contribution >= 4 is 5.97 Å². The van der Waals surface area contributed by atoms with Crippen LogP contribution in [0.3, 0.4) is 0 Å². The molecule has 2 aliphatic rings. The fraction of sp³-hybridized carbons (Fsp3) is 0.917. The minimum absolute atomic E-state index is 0.662. The number of carboxylic acids is 1. The highest BCUT2D eigenvalue weighted by molar-refractivity contribution is 5.79. The van der Waals surface area contributed by atoms with Gasteiger partial charge >= 0.3 is 5.97 Å². The number of hydrogen-bond donors (Lipinski definition) is 2. The lowest BCUT2D eigenvalue weighted by atomic mass is 9.69. The van der Waals surface area contributed by atoms with E-state index in [0.717, 1.165) is 19.3 Å². The average molecular weight is 212 g/mol. The molecular formula is C12H20O3. The molecule has 3 heteroatoms. The summed E-state index contributed by atoms with van der Waals surface area (Å²) in [6.07, 6.45) is 5.81. The van der Waals surface area contributed by atoms with Gasteiger partial charge in [0.05, 0.1) is 11.0 Å². The van der Waals surface area contributed by atoms with E-state index >= 15 is 0 Å². The van der Waals surface area contributed by atoms with E-state index < -0.39 is 17.0 Å². The first kappa shape index (κ1) is 10.9. The number of hydrogen-bond acceptors (Lipinski definition) is 2. The van der Waals surface area contributed by atoms with Gasteiger partial charge in [0.2, 0.25) is 0 Å². The van der Waals surface area contributed by atoms with E-state index in [1.54, 1.807) is 0 Å². The Balaban J connectivity index is 2.06. The fourth-order valence-corrected chi connectivity index (χ4v) is 3.05. The molecule has 0 heterocycles. The minimum Gasteiger partial charge on any atom is -0.481 e. The van der Waals surface area contributed by atoms with Crippen LogP contribution in [0.4, 0.5) is 0 Å². The van der Waals surface area contributed by atoms with Crippen molar-refractivity contribution in [3.05, 3.63) is 0 Å². The third-order valence-corrected chi connectivity index (χ3v) is 4.56. The number of rotatable bonds is 3. The first-order valence-corrected chi connectivity index (χ1v) is 6.00. The largest absolute Gasteiger partial charge is 0.481 e. The molecule has 0 unspecified atom stereocenters. The summed E-state index contributed by atoms with van der Waals surface area (Å²) in [5.74, 6) is -0.102. The molecule has 0 saturated heterocycles. The Morgan fingerprint density at radius 2 is 1.80 bits per heavy atom. The van der Waals surface area contributed by atoms with Crippen molar-refractivity contribution in [3.8, 4) is 0 Å². The summed E-state index contributed by atoms with van der Waals surface area (Å²) in [4.78, 5) is 11.2. The Kier molecular flexibility index (Phi) is 2.53. The van der Waals surface area contributed by atoms with Crippen molar-refractivity contribution in [2.45, 2.75) is 57.5 Å². The SMILES string of the molecule is CCC1CCC(O)(C2(C(=O)O)CC2)CC1. The van der Waals surface area contributed by atoms with Gasteiger partial charge in [-0.05, 0) is 44.4 Å². The third-order valence-electron chi connectivity index (χ3n) is 4.56. The molecule has 0 aromatic rings. The summed E-state index contributed by atoms with van der Waals surface area (Å²) in [6.45, 7) is 2.17. The topological polar surface area (TPSA) is 57.5 Å². The molecule has 0 aliphatic heterocycles. The van der Waals surface area contributed by atoms with Gasteiger partial charge in [0.25, 0.3) is 0 Å². The smallest absolute Gasteiger partial charge is 0.312 e. The normalized spacial score (nSPS) is 38.7. The van der Waals surface area contributed by atoms with E-state index in [9.17, 15) is 15.0 Å². The molecule has 2 N–H and O–H groups in total. The van der Waals surface area contributed by atoms with Crippen molar-refractivity contribution in [1.29, 1.82) is 0 Å². The van der Waals surface area contributed by atoms with Gasteiger partial charge in [0, 0.05) is 0 Å². The van der Waals surface area contributed by atoms with E-state index in [2.05, 4.69) is 6.92 Å². The molecule has 15 heavy (non-hydrogen) atoms. The molecular weight excluding hydrogens is 192 g/mol. The summed E-state index contributed by atoms with van der Waals surface area (Å²) >= 11 is 0. The lowest BCUT2D eigenvalue weighted by molar-refractivity contribution is -0.160. The van der Waals surface area contributed by atoms with Crippen LogP contribution in [0, 0.1) is 11.3 Å². The first-order chi connectivity index (χ1) is 7.04. The number of carbonyl (C=O) groups is 1. The Labute approximate surface area is 90.5 Å². The third kappa shape index (κ3) is 1.57. The maximum absolute atomic E-state index is 11.2. The molecule has 2 saturated carbocycles. The van der Waals surface area contributed by atoms with Crippen molar-refractivity contribution in [2.75, 3.05) is 0 Å². The molecule has 0 atom stereocenters. The van der Waals surface area contributed by atoms with Gasteiger partial charge < -0.3 is 10.2 Å². The van der Waals surface area contributed by atoms with E-state index in [0.29, 0.717) is 31.6 Å². The second kappa shape index (κ2) is 3.48. The maximum atomic E-state index is 11.2. The van der Waals surface area contributed by atoms with E-state index in [1.165, 1.54) is 0 Å². The Morgan fingerprint density at radius 1 is 1.27 bits per heavy atom. The minimum atomic E-state index is -0.912. The summed E-state index contributed by atoms with van der Waals surface area (Å²) in [5.41, 5.74) is -1.70. The first-order valence-electron chi connectivity index (χ1n) is 6.00. The van der Waals surface area contributed by atoms with Gasteiger partial charge in [-0.1, -0.05) is 13.3 Å². The summed E-state index contributed by atoms with van der Waals surface area (Å²) in [6, 6.07) is 0. The molecule has 3 nitrogen and oxygen atoms in total. The summed E-state index contributed by atoms with van der Waals surface area (Å²) in [7, 11) is 0. The lowest BCUT2D eigenvalue weighted by Crippen LogP contribution is -2.47. The van der Waals surface area contributed by atoms with Crippen LogP contribution < -0.4 is 0 Å². The predicted molar refractivity (Wildman–Crippen MR) is 56.5 cm³/mol. The molecule has 2 rings (SSSR count).